The van der Waals surface area contributed by atoms with Crippen molar-refractivity contribution in [3.05, 3.63) is 53.7 Å². The van der Waals surface area contributed by atoms with Crippen LogP contribution in [0.5, 0.6) is 0 Å². The molecule has 0 N–H and O–H groups in total. The molecule has 1 saturated heterocycles. The van der Waals surface area contributed by atoms with Crippen molar-refractivity contribution in [2.45, 2.75) is 10.8 Å². The predicted molar refractivity (Wildman–Crippen MR) is 85.6 cm³/mol. The molecule has 8 heteroatoms. The van der Waals surface area contributed by atoms with Gasteiger partial charge in [-0.25, -0.2) is 8.42 Å². The summed E-state index contributed by atoms with van der Waals surface area (Å²) in [7, 11) is -3.43. The molecule has 0 atom stereocenters. The topological polar surface area (TPSA) is 76.3 Å². The second kappa shape index (κ2) is 5.55. The second-order valence-corrected chi connectivity index (χ2v) is 8.15. The fraction of sp³-hybridized carbons (Fsp3) is 0.200. The molecule has 3 heterocycles. The zero-order chi connectivity index (χ0) is 15.9. The van der Waals surface area contributed by atoms with Crippen LogP contribution in [0.4, 0.5) is 0 Å². The van der Waals surface area contributed by atoms with Gasteiger partial charge in [0.25, 0.3) is 0 Å². The van der Waals surface area contributed by atoms with Crippen LogP contribution in [0.1, 0.15) is 11.8 Å². The predicted octanol–water partition coefficient (Wildman–Crippen LogP) is 2.59. The molecule has 0 unspecified atom stereocenters. The van der Waals surface area contributed by atoms with E-state index in [0.717, 1.165) is 4.88 Å². The highest BCUT2D eigenvalue weighted by atomic mass is 32.2. The number of nitrogens with zero attached hydrogens (tertiary/aromatic N) is 3. The van der Waals surface area contributed by atoms with E-state index in [2.05, 4.69) is 10.1 Å². The quantitative estimate of drug-likeness (QED) is 0.725. The largest absolute Gasteiger partial charge is 0.339 e. The van der Waals surface area contributed by atoms with Crippen LogP contribution in [0.2, 0.25) is 0 Å². The molecule has 1 aliphatic rings. The molecule has 0 saturated carbocycles. The van der Waals surface area contributed by atoms with Crippen molar-refractivity contribution < 1.29 is 12.9 Å². The fourth-order valence-corrected chi connectivity index (χ4v) is 4.64. The Morgan fingerprint density at radius 2 is 1.91 bits per heavy atom. The van der Waals surface area contributed by atoms with Gasteiger partial charge in [-0.2, -0.15) is 9.29 Å². The zero-order valence-corrected chi connectivity index (χ0v) is 13.6. The van der Waals surface area contributed by atoms with Gasteiger partial charge in [0.2, 0.25) is 21.7 Å². The maximum atomic E-state index is 12.4. The Kier molecular flexibility index (Phi) is 3.51. The summed E-state index contributed by atoms with van der Waals surface area (Å²) < 4.78 is 31.6. The van der Waals surface area contributed by atoms with Crippen LogP contribution in [0, 0.1) is 0 Å². The van der Waals surface area contributed by atoms with Gasteiger partial charge in [0.05, 0.1) is 15.7 Å². The number of hydrogen-bond acceptors (Lipinski definition) is 6. The monoisotopic (exact) mass is 347 g/mol. The molecule has 1 aliphatic heterocycles. The summed E-state index contributed by atoms with van der Waals surface area (Å²) >= 11 is 1.54. The van der Waals surface area contributed by atoms with Crippen molar-refractivity contribution in [3.8, 4) is 10.7 Å². The van der Waals surface area contributed by atoms with Crippen LogP contribution in [-0.4, -0.2) is 36.0 Å². The average Bonchev–Trinajstić information content (AvgIpc) is 3.17. The maximum absolute atomic E-state index is 12.4. The van der Waals surface area contributed by atoms with Crippen LogP contribution in [-0.2, 0) is 10.0 Å². The number of benzene rings is 1. The summed E-state index contributed by atoms with van der Waals surface area (Å²) in [5.41, 5.74) is 0. The molecular formula is C15H13N3O3S2. The van der Waals surface area contributed by atoms with E-state index in [1.807, 2.05) is 17.5 Å². The van der Waals surface area contributed by atoms with Gasteiger partial charge >= 0.3 is 0 Å². The zero-order valence-electron chi connectivity index (χ0n) is 12.0. The Bertz CT molecular complexity index is 899. The smallest absolute Gasteiger partial charge is 0.243 e. The molecule has 0 bridgehead atoms. The van der Waals surface area contributed by atoms with Crippen molar-refractivity contribution in [2.24, 2.45) is 0 Å². The Hall–Kier alpha value is -2.03. The maximum Gasteiger partial charge on any atom is 0.243 e. The Balaban J connectivity index is 1.48. The van der Waals surface area contributed by atoms with Crippen molar-refractivity contribution in [2.75, 3.05) is 13.1 Å². The highest BCUT2D eigenvalue weighted by Gasteiger charge is 2.40. The fourth-order valence-electron chi connectivity index (χ4n) is 2.44. The molecule has 23 heavy (non-hydrogen) atoms. The number of aromatic nitrogens is 2. The lowest BCUT2D eigenvalue weighted by molar-refractivity contribution is 0.217. The number of hydrogen-bond donors (Lipinski definition) is 0. The molecule has 3 aromatic rings. The minimum atomic E-state index is -3.43. The summed E-state index contributed by atoms with van der Waals surface area (Å²) in [6.07, 6.45) is 0. The minimum absolute atomic E-state index is 0.0466. The Morgan fingerprint density at radius 1 is 1.13 bits per heavy atom. The van der Waals surface area contributed by atoms with Gasteiger partial charge in [-0.15, -0.1) is 11.3 Å². The molecule has 0 radical (unpaired) electrons. The number of rotatable bonds is 4. The molecule has 6 nitrogen and oxygen atoms in total. The summed E-state index contributed by atoms with van der Waals surface area (Å²) in [6.45, 7) is 0.729. The van der Waals surface area contributed by atoms with Gasteiger partial charge in [0, 0.05) is 13.1 Å². The minimum Gasteiger partial charge on any atom is -0.339 e. The SMILES string of the molecule is O=S(=O)(c1ccccc1)N1CC(c2nc(-c3cccs3)no2)C1. The van der Waals surface area contributed by atoms with E-state index in [1.165, 1.54) is 15.6 Å². The van der Waals surface area contributed by atoms with Gasteiger partial charge in [-0.1, -0.05) is 29.4 Å². The first kappa shape index (κ1) is 14.6. The third-order valence-corrected chi connectivity index (χ3v) is 6.47. The van der Waals surface area contributed by atoms with Crippen LogP contribution in [0.15, 0.2) is 57.3 Å². The van der Waals surface area contributed by atoms with Crippen LogP contribution in [0.3, 0.4) is 0 Å². The lowest BCUT2D eigenvalue weighted by Gasteiger charge is -2.35. The van der Waals surface area contributed by atoms with E-state index in [1.54, 1.807) is 30.3 Å². The molecular weight excluding hydrogens is 334 g/mol. The number of sulfonamides is 1. The van der Waals surface area contributed by atoms with Gasteiger partial charge in [0.15, 0.2) is 0 Å². The van der Waals surface area contributed by atoms with Gasteiger partial charge in [0.1, 0.15) is 0 Å². The van der Waals surface area contributed by atoms with Crippen LogP contribution < -0.4 is 0 Å². The van der Waals surface area contributed by atoms with E-state index in [9.17, 15) is 8.42 Å². The summed E-state index contributed by atoms with van der Waals surface area (Å²) in [6, 6.07) is 12.3. The standard InChI is InChI=1S/C15H13N3O3S2/c19-23(20,12-5-2-1-3-6-12)18-9-11(10-18)15-16-14(17-21-15)13-7-4-8-22-13/h1-8,11H,9-10H2. The van der Waals surface area contributed by atoms with Gasteiger partial charge < -0.3 is 4.52 Å². The molecule has 1 fully saturated rings. The number of thiophene rings is 1. The molecule has 0 spiro atoms. The molecule has 4 rings (SSSR count). The Labute approximate surface area is 137 Å². The molecule has 2 aromatic heterocycles. The first-order valence-corrected chi connectivity index (χ1v) is 9.39. The summed E-state index contributed by atoms with van der Waals surface area (Å²) in [5.74, 6) is 1.00. The van der Waals surface area contributed by atoms with Gasteiger partial charge in [-0.05, 0) is 23.6 Å². The normalized spacial score (nSPS) is 16.3. The van der Waals surface area contributed by atoms with Crippen molar-refractivity contribution in [1.29, 1.82) is 0 Å². The molecule has 1 aromatic carbocycles. The van der Waals surface area contributed by atoms with Crippen LogP contribution >= 0.6 is 11.3 Å². The third kappa shape index (κ3) is 2.58. The molecule has 0 aliphatic carbocycles. The lowest BCUT2D eigenvalue weighted by Crippen LogP contribution is -2.48. The van der Waals surface area contributed by atoms with Crippen LogP contribution in [0.25, 0.3) is 10.7 Å². The highest BCUT2D eigenvalue weighted by Crippen LogP contribution is 2.32. The lowest BCUT2D eigenvalue weighted by atomic mass is 10.0. The summed E-state index contributed by atoms with van der Waals surface area (Å²) in [4.78, 5) is 5.62. The second-order valence-electron chi connectivity index (χ2n) is 5.27. The van der Waals surface area contributed by atoms with E-state index >= 15 is 0 Å². The molecule has 118 valence electrons. The average molecular weight is 347 g/mol. The van der Waals surface area contributed by atoms with Gasteiger partial charge in [-0.3, -0.25) is 0 Å². The van der Waals surface area contributed by atoms with Crippen molar-refractivity contribution >= 4 is 21.4 Å². The summed E-state index contributed by atoms with van der Waals surface area (Å²) in [5, 5.41) is 5.91. The molecule has 0 amide bonds. The third-order valence-electron chi connectivity index (χ3n) is 3.76. The van der Waals surface area contributed by atoms with E-state index in [4.69, 9.17) is 4.52 Å². The van der Waals surface area contributed by atoms with E-state index < -0.39 is 10.0 Å². The van der Waals surface area contributed by atoms with Crippen molar-refractivity contribution in [3.63, 3.8) is 0 Å². The highest BCUT2D eigenvalue weighted by molar-refractivity contribution is 7.89. The first-order chi connectivity index (χ1) is 11.1. The van der Waals surface area contributed by atoms with E-state index in [0.29, 0.717) is 29.7 Å². The van der Waals surface area contributed by atoms with E-state index in [-0.39, 0.29) is 5.92 Å². The Morgan fingerprint density at radius 3 is 2.61 bits per heavy atom. The van der Waals surface area contributed by atoms with Crippen molar-refractivity contribution in [1.82, 2.24) is 14.4 Å². The first-order valence-electron chi connectivity index (χ1n) is 7.07.